The fraction of sp³-hybridized carbons (Fsp3) is 0.500. The van der Waals surface area contributed by atoms with E-state index in [0.717, 1.165) is 41.9 Å². The van der Waals surface area contributed by atoms with Crippen molar-refractivity contribution in [2.75, 3.05) is 38.3 Å². The third kappa shape index (κ3) is 3.24. The van der Waals surface area contributed by atoms with Gasteiger partial charge in [0.05, 0.1) is 13.7 Å². The van der Waals surface area contributed by atoms with Gasteiger partial charge < -0.3 is 19.6 Å². The topological polar surface area (TPSA) is 74.8 Å². The minimum Gasteiger partial charge on any atom is -0.497 e. The number of ether oxygens (including phenoxy) is 2. The lowest BCUT2D eigenvalue weighted by Gasteiger charge is -2.30. The monoisotopic (exact) mass is 458 g/mol. The van der Waals surface area contributed by atoms with Gasteiger partial charge in [0, 0.05) is 29.1 Å². The first kappa shape index (κ1) is 18.5. The second-order valence-electron chi connectivity index (χ2n) is 6.14. The number of esters is 1. The van der Waals surface area contributed by atoms with Crippen molar-refractivity contribution < 1.29 is 19.4 Å². The summed E-state index contributed by atoms with van der Waals surface area (Å²) in [4.78, 5) is 20.0. The summed E-state index contributed by atoms with van der Waals surface area (Å²) >= 11 is 2.15. The maximum Gasteiger partial charge on any atom is 0.329 e. The number of hydrogen-bond acceptors (Lipinski definition) is 5. The van der Waals surface area contributed by atoms with Crippen LogP contribution < -0.4 is 4.74 Å². The number of aromatic nitrogens is 1. The maximum atomic E-state index is 12.5. The van der Waals surface area contributed by atoms with Gasteiger partial charge in [-0.1, -0.05) is 22.6 Å². The van der Waals surface area contributed by atoms with Gasteiger partial charge in [-0.2, -0.15) is 0 Å². The SMILES string of the molecule is CI.COc1ccc2[nH]c3c(c2c1)C1CCN(C1)C3C(=O)OCCO. The largest absolute Gasteiger partial charge is 0.497 e. The number of halogens is 1. The number of benzene rings is 1. The molecule has 0 aliphatic carbocycles. The number of alkyl halides is 1. The van der Waals surface area contributed by atoms with E-state index in [1.807, 2.05) is 23.1 Å². The average molecular weight is 458 g/mol. The van der Waals surface area contributed by atoms with E-state index in [2.05, 4.69) is 32.5 Å². The normalized spacial score (nSPS) is 23.6. The zero-order chi connectivity index (χ0) is 18.0. The van der Waals surface area contributed by atoms with Gasteiger partial charge in [-0.15, -0.1) is 0 Å². The molecule has 4 rings (SSSR count). The standard InChI is InChI=1S/C17H20N2O4.CH3I/c1-22-11-2-3-13-12(8-11)14-10-4-5-19(9-10)16(15(14)18-13)17(21)23-7-6-20;1-2/h2-3,8,10,16,18,20H,4-7,9H2,1H3;1H3. The van der Waals surface area contributed by atoms with Crippen LogP contribution in [0.2, 0.25) is 0 Å². The van der Waals surface area contributed by atoms with E-state index >= 15 is 0 Å². The number of hydrogen-bond donors (Lipinski definition) is 2. The summed E-state index contributed by atoms with van der Waals surface area (Å²) in [5, 5.41) is 10.0. The number of aliphatic hydroxyl groups is 1. The molecule has 0 spiro atoms. The number of H-pyrrole nitrogens is 1. The summed E-state index contributed by atoms with van der Waals surface area (Å²) in [5.74, 6) is 0.964. The van der Waals surface area contributed by atoms with Crippen molar-refractivity contribution >= 4 is 39.5 Å². The Bertz CT molecular complexity index is 761. The predicted molar refractivity (Wildman–Crippen MR) is 105 cm³/mol. The number of nitrogens with zero attached hydrogens (tertiary/aromatic N) is 1. The number of fused-ring (bicyclic) bond motifs is 6. The summed E-state index contributed by atoms with van der Waals surface area (Å²) in [6.07, 6.45) is 1.04. The predicted octanol–water partition coefficient (Wildman–Crippen LogP) is 2.61. The van der Waals surface area contributed by atoms with Crippen molar-refractivity contribution in [3.05, 3.63) is 29.5 Å². The Hall–Kier alpha value is -1.32. The number of aliphatic hydroxyl groups excluding tert-OH is 1. The lowest BCUT2D eigenvalue weighted by atomic mass is 9.90. The molecule has 3 heterocycles. The molecular weight excluding hydrogens is 435 g/mol. The summed E-state index contributed by atoms with van der Waals surface area (Å²) in [6, 6.07) is 5.54. The van der Waals surface area contributed by atoms with Crippen LogP contribution in [0.5, 0.6) is 5.75 Å². The highest BCUT2D eigenvalue weighted by Gasteiger charge is 2.44. The minimum absolute atomic E-state index is 0.0377. The van der Waals surface area contributed by atoms with Crippen LogP contribution >= 0.6 is 22.6 Å². The fourth-order valence-corrected chi connectivity index (χ4v) is 3.93. The van der Waals surface area contributed by atoms with Crippen LogP contribution in [0.15, 0.2) is 18.2 Å². The molecule has 0 amide bonds. The lowest BCUT2D eigenvalue weighted by Crippen LogP contribution is -2.37. The maximum absolute atomic E-state index is 12.5. The van der Waals surface area contributed by atoms with E-state index in [1.165, 1.54) is 5.56 Å². The highest BCUT2D eigenvalue weighted by atomic mass is 127. The zero-order valence-electron chi connectivity index (χ0n) is 14.4. The molecule has 2 bridgehead atoms. The first-order valence-electron chi connectivity index (χ1n) is 8.31. The van der Waals surface area contributed by atoms with E-state index in [0.29, 0.717) is 5.92 Å². The van der Waals surface area contributed by atoms with Crippen molar-refractivity contribution in [1.29, 1.82) is 0 Å². The van der Waals surface area contributed by atoms with E-state index in [4.69, 9.17) is 14.6 Å². The molecule has 136 valence electrons. The molecule has 2 aliphatic rings. The number of carbonyl (C=O) groups is 1. The molecule has 3 atom stereocenters. The van der Waals surface area contributed by atoms with Crippen LogP contribution in [0.3, 0.4) is 0 Å². The molecule has 7 heteroatoms. The van der Waals surface area contributed by atoms with Gasteiger partial charge in [0.2, 0.25) is 0 Å². The van der Waals surface area contributed by atoms with Crippen LogP contribution in [0.4, 0.5) is 0 Å². The van der Waals surface area contributed by atoms with Crippen LogP contribution in [-0.4, -0.2) is 59.3 Å². The fourth-order valence-electron chi connectivity index (χ4n) is 3.93. The lowest BCUT2D eigenvalue weighted by molar-refractivity contribution is -0.151. The highest BCUT2D eigenvalue weighted by molar-refractivity contribution is 14.1. The molecule has 1 aromatic carbocycles. The van der Waals surface area contributed by atoms with Gasteiger partial charge in [0.1, 0.15) is 18.4 Å². The summed E-state index contributed by atoms with van der Waals surface area (Å²) in [6.45, 7) is 1.64. The molecule has 25 heavy (non-hydrogen) atoms. The molecule has 1 fully saturated rings. The van der Waals surface area contributed by atoms with Gasteiger partial charge in [0.25, 0.3) is 0 Å². The molecule has 6 nitrogen and oxygen atoms in total. The Balaban J connectivity index is 0.000000880. The second kappa shape index (κ2) is 7.92. The molecule has 1 aromatic heterocycles. The van der Waals surface area contributed by atoms with Gasteiger partial charge in [-0.3, -0.25) is 4.90 Å². The summed E-state index contributed by atoms with van der Waals surface area (Å²) < 4.78 is 10.5. The number of aromatic amines is 1. The molecular formula is C18H23IN2O4. The van der Waals surface area contributed by atoms with Crippen molar-refractivity contribution in [2.45, 2.75) is 18.4 Å². The molecule has 2 N–H and O–H groups in total. The number of carbonyl (C=O) groups excluding carboxylic acids is 1. The first-order valence-corrected chi connectivity index (χ1v) is 10.5. The van der Waals surface area contributed by atoms with Crippen molar-refractivity contribution in [3.8, 4) is 5.75 Å². The van der Waals surface area contributed by atoms with Crippen molar-refractivity contribution in [1.82, 2.24) is 9.88 Å². The molecule has 0 radical (unpaired) electrons. The van der Waals surface area contributed by atoms with E-state index in [-0.39, 0.29) is 19.2 Å². The van der Waals surface area contributed by atoms with Gasteiger partial charge in [-0.05, 0) is 41.7 Å². The third-order valence-electron chi connectivity index (χ3n) is 4.90. The quantitative estimate of drug-likeness (QED) is 0.419. The first-order chi connectivity index (χ1) is 12.2. The van der Waals surface area contributed by atoms with Gasteiger partial charge in [-0.25, -0.2) is 4.79 Å². The van der Waals surface area contributed by atoms with Crippen LogP contribution in [0, 0.1) is 0 Å². The van der Waals surface area contributed by atoms with Crippen molar-refractivity contribution in [2.24, 2.45) is 0 Å². The van der Waals surface area contributed by atoms with Gasteiger partial charge in [0.15, 0.2) is 0 Å². The summed E-state index contributed by atoms with van der Waals surface area (Å²) in [5.41, 5.74) is 3.17. The third-order valence-corrected chi connectivity index (χ3v) is 4.90. The minimum atomic E-state index is -0.409. The second-order valence-corrected chi connectivity index (χ2v) is 6.14. The molecule has 0 saturated carbocycles. The average Bonchev–Trinajstić information content (AvgIpc) is 3.23. The summed E-state index contributed by atoms with van der Waals surface area (Å²) in [7, 11) is 1.66. The van der Waals surface area contributed by atoms with Crippen LogP contribution in [-0.2, 0) is 9.53 Å². The highest BCUT2D eigenvalue weighted by Crippen LogP contribution is 2.46. The van der Waals surface area contributed by atoms with Gasteiger partial charge >= 0.3 is 5.97 Å². The van der Waals surface area contributed by atoms with Crippen molar-refractivity contribution in [3.63, 3.8) is 0 Å². The Kier molecular flexibility index (Phi) is 5.85. The van der Waals surface area contributed by atoms with E-state index < -0.39 is 6.04 Å². The molecule has 1 saturated heterocycles. The molecule has 2 aromatic rings. The van der Waals surface area contributed by atoms with Crippen LogP contribution in [0.1, 0.15) is 29.6 Å². The van der Waals surface area contributed by atoms with Crippen LogP contribution in [0.25, 0.3) is 10.9 Å². The Morgan fingerprint density at radius 1 is 1.44 bits per heavy atom. The Morgan fingerprint density at radius 2 is 2.24 bits per heavy atom. The number of rotatable bonds is 4. The molecule has 2 aliphatic heterocycles. The molecule has 3 unspecified atom stereocenters. The number of nitrogens with one attached hydrogen (secondary N) is 1. The smallest absolute Gasteiger partial charge is 0.329 e. The van der Waals surface area contributed by atoms with E-state index in [9.17, 15) is 4.79 Å². The van der Waals surface area contributed by atoms with E-state index in [1.54, 1.807) is 7.11 Å². The zero-order valence-corrected chi connectivity index (χ0v) is 16.6. The number of methoxy groups -OCH3 is 1. The Labute approximate surface area is 160 Å². The Morgan fingerprint density at radius 3 is 2.96 bits per heavy atom.